The highest BCUT2D eigenvalue weighted by Gasteiger charge is 2.22. The maximum atomic E-state index is 13.2. The molecule has 0 atom stereocenters. The number of aromatic nitrogens is 2. The van der Waals surface area contributed by atoms with E-state index in [1.165, 1.54) is 12.1 Å². The molecule has 0 saturated carbocycles. The van der Waals surface area contributed by atoms with Crippen molar-refractivity contribution in [3.63, 3.8) is 0 Å². The van der Waals surface area contributed by atoms with Gasteiger partial charge in [0.25, 0.3) is 0 Å². The Balaban J connectivity index is 1.38. The van der Waals surface area contributed by atoms with E-state index in [9.17, 15) is 13.6 Å². The van der Waals surface area contributed by atoms with Gasteiger partial charge in [0.2, 0.25) is 0 Å². The van der Waals surface area contributed by atoms with Gasteiger partial charge in [-0.15, -0.1) is 0 Å². The average molecular weight is 348 g/mol. The number of benzene rings is 1. The number of rotatable bonds is 5. The number of carbonyl (C=O) groups excluding carboxylic acids is 1. The van der Waals surface area contributed by atoms with Gasteiger partial charge in [0.15, 0.2) is 11.6 Å². The van der Waals surface area contributed by atoms with Gasteiger partial charge in [-0.2, -0.15) is 5.10 Å². The zero-order chi connectivity index (χ0) is 17.6. The van der Waals surface area contributed by atoms with E-state index in [0.29, 0.717) is 24.4 Å². The summed E-state index contributed by atoms with van der Waals surface area (Å²) in [5, 5.41) is 7.07. The molecule has 0 unspecified atom stereocenters. The summed E-state index contributed by atoms with van der Waals surface area (Å²) >= 11 is 0. The van der Waals surface area contributed by atoms with Crippen LogP contribution in [0.3, 0.4) is 0 Å². The molecule has 134 valence electrons. The first-order valence-corrected chi connectivity index (χ1v) is 8.56. The Labute approximate surface area is 145 Å². The Hall–Kier alpha value is -2.44. The molecule has 1 aliphatic rings. The second kappa shape index (κ2) is 8.09. The summed E-state index contributed by atoms with van der Waals surface area (Å²) in [6, 6.07) is 5.63. The molecule has 0 spiro atoms. The maximum Gasteiger partial charge on any atom is 0.317 e. The SMILES string of the molecule is O=C(NCCc1ccc(F)c(F)c1)N1CCC(Cn2cccn2)CC1. The zero-order valence-electron chi connectivity index (χ0n) is 14.0. The zero-order valence-corrected chi connectivity index (χ0v) is 14.0. The van der Waals surface area contributed by atoms with E-state index >= 15 is 0 Å². The van der Waals surface area contributed by atoms with Crippen molar-refractivity contribution in [2.24, 2.45) is 5.92 Å². The van der Waals surface area contributed by atoms with Crippen molar-refractivity contribution in [2.45, 2.75) is 25.8 Å². The molecule has 1 aromatic heterocycles. The highest BCUT2D eigenvalue weighted by atomic mass is 19.2. The molecule has 0 aliphatic carbocycles. The van der Waals surface area contributed by atoms with Crippen LogP contribution in [0.25, 0.3) is 0 Å². The van der Waals surface area contributed by atoms with Crippen molar-refractivity contribution in [3.8, 4) is 0 Å². The van der Waals surface area contributed by atoms with Gasteiger partial charge >= 0.3 is 6.03 Å². The van der Waals surface area contributed by atoms with E-state index in [0.717, 1.165) is 38.5 Å². The molecule has 1 aliphatic heterocycles. The molecule has 3 rings (SSSR count). The van der Waals surface area contributed by atoms with Crippen LogP contribution in [0.15, 0.2) is 36.7 Å². The van der Waals surface area contributed by atoms with Crippen LogP contribution < -0.4 is 5.32 Å². The number of nitrogens with zero attached hydrogens (tertiary/aromatic N) is 3. The van der Waals surface area contributed by atoms with Gasteiger partial charge in [-0.3, -0.25) is 4.68 Å². The third-order valence-electron chi connectivity index (χ3n) is 4.58. The molecule has 5 nitrogen and oxygen atoms in total. The molecule has 1 aromatic carbocycles. The molecular weight excluding hydrogens is 326 g/mol. The predicted molar refractivity (Wildman–Crippen MR) is 90.0 cm³/mol. The molecule has 25 heavy (non-hydrogen) atoms. The second-order valence-electron chi connectivity index (χ2n) is 6.39. The Morgan fingerprint density at radius 2 is 2.04 bits per heavy atom. The van der Waals surface area contributed by atoms with Crippen molar-refractivity contribution in [1.29, 1.82) is 0 Å². The summed E-state index contributed by atoms with van der Waals surface area (Å²) in [6.07, 6.45) is 6.11. The minimum absolute atomic E-state index is 0.0971. The number of amides is 2. The molecular formula is C18H22F2N4O. The number of hydrogen-bond donors (Lipinski definition) is 1. The van der Waals surface area contributed by atoms with Crippen molar-refractivity contribution in [2.75, 3.05) is 19.6 Å². The Bertz CT molecular complexity index is 697. The number of halogens is 2. The number of piperidine rings is 1. The molecule has 7 heteroatoms. The first-order chi connectivity index (χ1) is 12.1. The fourth-order valence-corrected chi connectivity index (χ4v) is 3.11. The summed E-state index contributed by atoms with van der Waals surface area (Å²) in [5.74, 6) is -1.18. The second-order valence-corrected chi connectivity index (χ2v) is 6.39. The maximum absolute atomic E-state index is 13.2. The highest BCUT2D eigenvalue weighted by molar-refractivity contribution is 5.74. The minimum Gasteiger partial charge on any atom is -0.338 e. The topological polar surface area (TPSA) is 50.2 Å². The third-order valence-corrected chi connectivity index (χ3v) is 4.58. The monoisotopic (exact) mass is 348 g/mol. The number of nitrogens with one attached hydrogen (secondary N) is 1. The van der Waals surface area contributed by atoms with Gasteiger partial charge in [-0.1, -0.05) is 6.07 Å². The van der Waals surface area contributed by atoms with Gasteiger partial charge in [0.1, 0.15) is 0 Å². The van der Waals surface area contributed by atoms with Gasteiger partial charge in [-0.25, -0.2) is 13.6 Å². The van der Waals surface area contributed by atoms with Gasteiger partial charge in [-0.05, 0) is 48.9 Å². The number of urea groups is 1. The van der Waals surface area contributed by atoms with Crippen molar-refractivity contribution >= 4 is 6.03 Å². The van der Waals surface area contributed by atoms with Crippen LogP contribution in [0.5, 0.6) is 0 Å². The van der Waals surface area contributed by atoms with Gasteiger partial charge in [0.05, 0.1) is 0 Å². The van der Waals surface area contributed by atoms with Crippen LogP contribution in [-0.4, -0.2) is 40.3 Å². The smallest absolute Gasteiger partial charge is 0.317 e. The standard InChI is InChI=1S/C18H22F2N4O/c19-16-3-2-14(12-17(16)20)4-8-21-18(25)23-10-5-15(6-11-23)13-24-9-1-7-22-24/h1-3,7,9,12,15H,4-6,8,10-11,13H2,(H,21,25). The van der Waals surface area contributed by atoms with Crippen LogP contribution in [-0.2, 0) is 13.0 Å². The van der Waals surface area contributed by atoms with E-state index in [4.69, 9.17) is 0 Å². The Kier molecular flexibility index (Phi) is 5.63. The largest absolute Gasteiger partial charge is 0.338 e. The quantitative estimate of drug-likeness (QED) is 0.903. The number of carbonyl (C=O) groups is 1. The first kappa shape index (κ1) is 17.4. The summed E-state index contributed by atoms with van der Waals surface area (Å²) in [6.45, 7) is 2.74. The molecule has 0 bridgehead atoms. The molecule has 0 radical (unpaired) electrons. The van der Waals surface area contributed by atoms with Crippen molar-refractivity contribution in [3.05, 3.63) is 53.9 Å². The highest BCUT2D eigenvalue weighted by Crippen LogP contribution is 2.18. The van der Waals surface area contributed by atoms with E-state index < -0.39 is 11.6 Å². The lowest BCUT2D eigenvalue weighted by Crippen LogP contribution is -2.45. The lowest BCUT2D eigenvalue weighted by molar-refractivity contribution is 0.164. The summed E-state index contributed by atoms with van der Waals surface area (Å²) in [5.41, 5.74) is 0.664. The molecule has 1 fully saturated rings. The first-order valence-electron chi connectivity index (χ1n) is 8.56. The molecule has 2 heterocycles. The van der Waals surface area contributed by atoms with Crippen LogP contribution >= 0.6 is 0 Å². The van der Waals surface area contributed by atoms with E-state index in [-0.39, 0.29) is 6.03 Å². The van der Waals surface area contributed by atoms with E-state index in [1.54, 1.807) is 6.20 Å². The van der Waals surface area contributed by atoms with Gasteiger partial charge < -0.3 is 10.2 Å². The average Bonchev–Trinajstić information content (AvgIpc) is 3.11. The Morgan fingerprint density at radius 3 is 2.72 bits per heavy atom. The van der Waals surface area contributed by atoms with Gasteiger partial charge in [0, 0.05) is 38.6 Å². The van der Waals surface area contributed by atoms with Crippen LogP contribution in [0.2, 0.25) is 0 Å². The summed E-state index contributed by atoms with van der Waals surface area (Å²) in [4.78, 5) is 14.0. The van der Waals surface area contributed by atoms with Crippen molar-refractivity contribution < 1.29 is 13.6 Å². The normalized spacial score (nSPS) is 15.4. The number of hydrogen-bond acceptors (Lipinski definition) is 2. The Morgan fingerprint density at radius 1 is 1.24 bits per heavy atom. The lowest BCUT2D eigenvalue weighted by atomic mass is 9.97. The molecule has 2 amide bonds. The van der Waals surface area contributed by atoms with E-state index in [2.05, 4.69) is 10.4 Å². The molecule has 1 N–H and O–H groups in total. The van der Waals surface area contributed by atoms with Crippen LogP contribution in [0.4, 0.5) is 13.6 Å². The lowest BCUT2D eigenvalue weighted by Gasteiger charge is -2.32. The predicted octanol–water partition coefficient (Wildman–Crippen LogP) is 2.83. The van der Waals surface area contributed by atoms with Crippen LogP contribution in [0.1, 0.15) is 18.4 Å². The number of likely N-dealkylation sites (tertiary alicyclic amines) is 1. The summed E-state index contributed by atoms with van der Waals surface area (Å²) < 4.78 is 28.0. The van der Waals surface area contributed by atoms with Crippen molar-refractivity contribution in [1.82, 2.24) is 20.0 Å². The fraction of sp³-hybridized carbons (Fsp3) is 0.444. The van der Waals surface area contributed by atoms with E-state index in [1.807, 2.05) is 21.8 Å². The minimum atomic E-state index is -0.858. The van der Waals surface area contributed by atoms with Crippen LogP contribution in [0, 0.1) is 17.6 Å². The molecule has 1 saturated heterocycles. The third kappa shape index (κ3) is 4.78. The summed E-state index contributed by atoms with van der Waals surface area (Å²) in [7, 11) is 0. The molecule has 2 aromatic rings. The fourth-order valence-electron chi connectivity index (χ4n) is 3.11.